The Kier molecular flexibility index (Phi) is 8.18. The van der Waals surface area contributed by atoms with E-state index in [0.29, 0.717) is 53.9 Å². The summed E-state index contributed by atoms with van der Waals surface area (Å²) >= 11 is 6.89. The number of likely N-dealkylation sites (N-methyl/N-ethyl adjacent to an activating group) is 1. The maximum atomic E-state index is 16.9. The molecule has 3 aliphatic rings. The van der Waals surface area contributed by atoms with Crippen molar-refractivity contribution in [2.45, 2.75) is 69.9 Å². The van der Waals surface area contributed by atoms with Gasteiger partial charge in [-0.2, -0.15) is 9.97 Å². The maximum Gasteiger partial charge on any atom is 0.325 e. The number of rotatable bonds is 6. The van der Waals surface area contributed by atoms with Crippen LogP contribution in [0.15, 0.2) is 36.4 Å². The van der Waals surface area contributed by atoms with Gasteiger partial charge in [-0.1, -0.05) is 29.8 Å². The third kappa shape index (κ3) is 6.08. The van der Waals surface area contributed by atoms with Gasteiger partial charge in [0.15, 0.2) is 5.82 Å². The fourth-order valence-corrected chi connectivity index (χ4v) is 7.47. The van der Waals surface area contributed by atoms with E-state index in [9.17, 15) is 9.18 Å². The Morgan fingerprint density at radius 1 is 1.15 bits per heavy atom. The molecule has 0 amide bonds. The zero-order valence-electron chi connectivity index (χ0n) is 26.8. The van der Waals surface area contributed by atoms with Gasteiger partial charge in [-0.3, -0.25) is 9.69 Å². The van der Waals surface area contributed by atoms with Crippen molar-refractivity contribution in [2.75, 3.05) is 32.5 Å². The molecule has 5 heterocycles. The summed E-state index contributed by atoms with van der Waals surface area (Å²) in [5, 5.41) is 3.26. The molecular weight excluding hydrogens is 628 g/mol. The second-order valence-electron chi connectivity index (χ2n) is 13.8. The van der Waals surface area contributed by atoms with Gasteiger partial charge >= 0.3 is 12.0 Å². The number of pyridine rings is 1. The second-order valence-corrected chi connectivity index (χ2v) is 14.2. The van der Waals surface area contributed by atoms with Crippen molar-refractivity contribution in [3.05, 3.63) is 52.9 Å². The Bertz CT molecular complexity index is 1860. The van der Waals surface area contributed by atoms with Gasteiger partial charge in [0.1, 0.15) is 35.8 Å². The van der Waals surface area contributed by atoms with Crippen LogP contribution in [0, 0.1) is 11.7 Å². The van der Waals surface area contributed by atoms with Gasteiger partial charge in [0.25, 0.3) is 0 Å². The molecule has 248 valence electrons. The summed E-state index contributed by atoms with van der Waals surface area (Å²) in [4.78, 5) is 28.9. The average molecular weight is 666 g/mol. The molecule has 0 aliphatic carbocycles. The summed E-state index contributed by atoms with van der Waals surface area (Å²) < 4.78 is 42.8. The van der Waals surface area contributed by atoms with Crippen LogP contribution in [-0.4, -0.2) is 81.4 Å². The highest BCUT2D eigenvalue weighted by molar-refractivity contribution is 6.34. The van der Waals surface area contributed by atoms with E-state index in [1.54, 1.807) is 18.2 Å². The lowest BCUT2D eigenvalue weighted by Gasteiger charge is -2.38. The number of anilines is 1. The minimum Gasteiger partial charge on any atom is -0.462 e. The quantitative estimate of drug-likeness (QED) is 0.251. The number of nitrogen functional groups attached to an aromatic ring is 1. The van der Waals surface area contributed by atoms with E-state index in [0.717, 1.165) is 11.8 Å². The number of hydrogen-bond donors (Lipinski definition) is 2. The van der Waals surface area contributed by atoms with Crippen molar-refractivity contribution in [2.24, 2.45) is 5.92 Å². The van der Waals surface area contributed by atoms with Crippen molar-refractivity contribution >= 4 is 45.2 Å². The number of ether oxygens (including phenoxy) is 2. The Hall–Kier alpha value is -3.71. The molecule has 10 nitrogen and oxygen atoms in total. The number of likely N-dealkylation sites (tertiary alicyclic amines) is 1. The number of aromatic nitrogens is 3. The Morgan fingerprint density at radius 2 is 1.96 bits per heavy atom. The van der Waals surface area contributed by atoms with Crippen LogP contribution in [-0.2, 0) is 9.53 Å². The zero-order chi connectivity index (χ0) is 33.2. The van der Waals surface area contributed by atoms with Crippen LogP contribution in [0.5, 0.6) is 6.01 Å². The molecule has 2 bridgehead atoms. The normalized spacial score (nSPS) is 26.3. The number of hydrazine groups is 1. The maximum absolute atomic E-state index is 16.9. The first-order valence-electron chi connectivity index (χ1n) is 15.9. The number of carbonyl (C=O) groups is 1. The van der Waals surface area contributed by atoms with Crippen LogP contribution < -0.4 is 15.9 Å². The average Bonchev–Trinajstić information content (AvgIpc) is 3.47. The highest BCUT2D eigenvalue weighted by atomic mass is 35.5. The fourth-order valence-electron chi connectivity index (χ4n) is 7.17. The van der Waals surface area contributed by atoms with E-state index >= 15 is 4.39 Å². The number of carbonyl (C=O) groups excluding carboxylic acids is 1. The minimum absolute atomic E-state index is 0.00841. The van der Waals surface area contributed by atoms with E-state index < -0.39 is 29.7 Å². The number of halogens is 3. The Morgan fingerprint density at radius 3 is 2.68 bits per heavy atom. The molecule has 6 atom stereocenters. The minimum atomic E-state index is -0.943. The van der Waals surface area contributed by atoms with Gasteiger partial charge in [-0.25, -0.2) is 24.2 Å². The number of nitrogens with two attached hydrogens (primary N) is 1. The molecule has 4 unspecified atom stereocenters. The lowest BCUT2D eigenvalue weighted by atomic mass is 9.88. The molecular formula is C34H38ClF2N7O3. The topological polar surface area (TPSA) is 119 Å². The predicted molar refractivity (Wildman–Crippen MR) is 176 cm³/mol. The van der Waals surface area contributed by atoms with Crippen molar-refractivity contribution in [1.82, 2.24) is 30.3 Å². The van der Waals surface area contributed by atoms with Crippen LogP contribution in [0.2, 0.25) is 5.02 Å². The second kappa shape index (κ2) is 12.1. The summed E-state index contributed by atoms with van der Waals surface area (Å²) in [5.74, 6) is -0.638. The number of para-hydroxylation sites is 1. The molecule has 7 rings (SSSR count). The number of fused-ring (bicyclic) bond motifs is 4. The highest BCUT2D eigenvalue weighted by Crippen LogP contribution is 2.43. The molecule has 0 saturated carbocycles. The lowest BCUT2D eigenvalue weighted by Crippen LogP contribution is -2.54. The van der Waals surface area contributed by atoms with Gasteiger partial charge in [-0.15, -0.1) is 0 Å². The monoisotopic (exact) mass is 665 g/mol. The summed E-state index contributed by atoms with van der Waals surface area (Å²) in [7, 11) is 1.84. The SMILES string of the molecule is CN1C[C@H](F)C[C@H]1COc1nc(C2CC3CCN(N2)C3C(=O)OC(C)(C)C)c2cc(Cl)c(-c3cccc4ccc(N)nc34)c(F)c2n1. The number of hydrogen-bond acceptors (Lipinski definition) is 10. The van der Waals surface area contributed by atoms with Crippen molar-refractivity contribution in [3.63, 3.8) is 0 Å². The summed E-state index contributed by atoms with van der Waals surface area (Å²) in [6.07, 6.45) is 0.721. The highest BCUT2D eigenvalue weighted by Gasteiger charge is 2.47. The smallest absolute Gasteiger partial charge is 0.325 e. The molecule has 13 heteroatoms. The molecule has 2 aromatic heterocycles. The largest absolute Gasteiger partial charge is 0.462 e. The van der Waals surface area contributed by atoms with Crippen molar-refractivity contribution in [1.29, 1.82) is 0 Å². The molecule has 2 aromatic carbocycles. The van der Waals surface area contributed by atoms with Gasteiger partial charge in [0.2, 0.25) is 0 Å². The van der Waals surface area contributed by atoms with E-state index in [1.807, 2.05) is 55.9 Å². The fraction of sp³-hybridized carbons (Fsp3) is 0.471. The van der Waals surface area contributed by atoms with Crippen molar-refractivity contribution < 1.29 is 23.0 Å². The third-order valence-corrected chi connectivity index (χ3v) is 9.60. The van der Waals surface area contributed by atoms with E-state index in [2.05, 4.69) is 15.4 Å². The molecule has 3 aliphatic heterocycles. The number of nitrogens with one attached hydrogen (secondary N) is 1. The molecule has 0 radical (unpaired) electrons. The Labute approximate surface area is 276 Å². The first kappa shape index (κ1) is 31.9. The summed E-state index contributed by atoms with van der Waals surface area (Å²) in [6, 6.07) is 9.59. The van der Waals surface area contributed by atoms with Gasteiger partial charge in [-0.05, 0) is 71.2 Å². The summed E-state index contributed by atoms with van der Waals surface area (Å²) in [6.45, 7) is 6.66. The molecule has 3 N–H and O–H groups in total. The van der Waals surface area contributed by atoms with Crippen LogP contribution in [0.25, 0.3) is 32.9 Å². The van der Waals surface area contributed by atoms with E-state index in [-0.39, 0.29) is 46.6 Å². The number of benzene rings is 2. The standard InChI is InChI=1S/C34H38ClF2N7O3/c1-34(2,3)47-32(45)31-18-10-11-44(31)42-24(12-18)29-22-14-23(35)26(21-7-5-6-17-8-9-25(38)39-28(17)21)27(37)30(22)41-33(40-29)46-16-20-13-19(36)15-43(20)4/h5-9,14,18-20,24,31,42H,10-13,15-16H2,1-4H3,(H2,38,39)/t18?,19-,20+,24?,31?/m1/s1. The predicted octanol–water partition coefficient (Wildman–Crippen LogP) is 5.62. The number of alkyl halides is 1. The molecule has 3 saturated heterocycles. The van der Waals surface area contributed by atoms with Gasteiger partial charge in [0, 0.05) is 41.0 Å². The van der Waals surface area contributed by atoms with Crippen LogP contribution in [0.1, 0.15) is 51.8 Å². The van der Waals surface area contributed by atoms with Gasteiger partial charge in [0.05, 0.1) is 22.3 Å². The molecule has 0 spiro atoms. The number of esters is 1. The third-order valence-electron chi connectivity index (χ3n) is 9.31. The molecule has 3 fully saturated rings. The van der Waals surface area contributed by atoms with E-state index in [1.165, 1.54) is 0 Å². The summed E-state index contributed by atoms with van der Waals surface area (Å²) in [5.41, 5.74) is 10.5. The number of nitrogens with zero attached hydrogens (tertiary/aromatic N) is 5. The first-order chi connectivity index (χ1) is 22.4. The molecule has 4 aromatic rings. The van der Waals surface area contributed by atoms with E-state index in [4.69, 9.17) is 31.8 Å². The van der Waals surface area contributed by atoms with Crippen molar-refractivity contribution in [3.8, 4) is 17.1 Å². The van der Waals surface area contributed by atoms with Crippen LogP contribution in [0.4, 0.5) is 14.6 Å². The van der Waals surface area contributed by atoms with Crippen LogP contribution >= 0.6 is 11.6 Å². The van der Waals surface area contributed by atoms with Crippen LogP contribution in [0.3, 0.4) is 0 Å². The lowest BCUT2D eigenvalue weighted by molar-refractivity contribution is -0.165. The zero-order valence-corrected chi connectivity index (χ0v) is 27.5. The molecule has 47 heavy (non-hydrogen) atoms. The first-order valence-corrected chi connectivity index (χ1v) is 16.3. The van der Waals surface area contributed by atoms with Gasteiger partial charge < -0.3 is 15.2 Å². The Balaban J connectivity index is 1.31.